The lowest BCUT2D eigenvalue weighted by Gasteiger charge is -2.05. The van der Waals surface area contributed by atoms with Crippen molar-refractivity contribution in [2.24, 2.45) is 15.9 Å². The van der Waals surface area contributed by atoms with Gasteiger partial charge in [-0.25, -0.2) is 18.2 Å². The standard InChI is InChI=1S/C15H15F3N6O/c1-20-13-4-5-21-15(23-13)25-8-10(24-19)7-22-9-2-3-12(16)11(6-9)14(17)18/h2-7,14H,8,19H2,1H3,(H,20,21,23). The molecule has 0 aliphatic rings. The molecule has 0 fully saturated rings. The monoisotopic (exact) mass is 352 g/mol. The predicted octanol–water partition coefficient (Wildman–Crippen LogP) is 2.69. The minimum Gasteiger partial charge on any atom is -0.457 e. The molecule has 0 bridgehead atoms. The fraction of sp³-hybridized carbons (Fsp3) is 0.200. The number of nitrogens with one attached hydrogen (secondary N) is 1. The summed E-state index contributed by atoms with van der Waals surface area (Å²) in [5.74, 6) is 4.81. The van der Waals surface area contributed by atoms with Crippen LogP contribution in [0.15, 0.2) is 40.6 Å². The average molecular weight is 352 g/mol. The molecule has 0 unspecified atom stereocenters. The smallest absolute Gasteiger partial charge is 0.318 e. The Hall–Kier alpha value is -3.17. The Balaban J connectivity index is 2.04. The normalized spacial score (nSPS) is 12.0. The summed E-state index contributed by atoms with van der Waals surface area (Å²) in [7, 11) is 1.70. The van der Waals surface area contributed by atoms with Gasteiger partial charge in [-0.3, -0.25) is 4.99 Å². The number of hydrazone groups is 1. The van der Waals surface area contributed by atoms with E-state index >= 15 is 0 Å². The van der Waals surface area contributed by atoms with Gasteiger partial charge < -0.3 is 15.9 Å². The van der Waals surface area contributed by atoms with Crippen LogP contribution in [0, 0.1) is 5.82 Å². The highest BCUT2D eigenvalue weighted by Crippen LogP contribution is 2.26. The van der Waals surface area contributed by atoms with Gasteiger partial charge in [0.15, 0.2) is 0 Å². The van der Waals surface area contributed by atoms with Crippen LogP contribution in [0.2, 0.25) is 0 Å². The number of halogens is 3. The highest BCUT2D eigenvalue weighted by Gasteiger charge is 2.13. The minimum atomic E-state index is -2.93. The van der Waals surface area contributed by atoms with E-state index < -0.39 is 17.8 Å². The van der Waals surface area contributed by atoms with Crippen LogP contribution in [-0.4, -0.2) is 35.5 Å². The molecule has 0 atom stereocenters. The number of nitrogens with zero attached hydrogens (tertiary/aromatic N) is 4. The minimum absolute atomic E-state index is 0.0872. The van der Waals surface area contributed by atoms with Crippen LogP contribution < -0.4 is 15.9 Å². The second-order valence-electron chi connectivity index (χ2n) is 4.65. The molecule has 0 aliphatic heterocycles. The molecule has 2 aromatic rings. The van der Waals surface area contributed by atoms with E-state index in [4.69, 9.17) is 10.6 Å². The van der Waals surface area contributed by atoms with Gasteiger partial charge in [0.05, 0.1) is 17.5 Å². The summed E-state index contributed by atoms with van der Waals surface area (Å²) in [4.78, 5) is 11.9. The molecule has 132 valence electrons. The van der Waals surface area contributed by atoms with Crippen molar-refractivity contribution in [2.45, 2.75) is 6.43 Å². The molecule has 0 saturated heterocycles. The number of benzene rings is 1. The largest absolute Gasteiger partial charge is 0.457 e. The molecule has 3 N–H and O–H groups in total. The van der Waals surface area contributed by atoms with Crippen LogP contribution in [0.25, 0.3) is 0 Å². The molecule has 0 spiro atoms. The zero-order valence-electron chi connectivity index (χ0n) is 13.2. The first-order valence-electron chi connectivity index (χ1n) is 7.05. The summed E-state index contributed by atoms with van der Waals surface area (Å²) in [5, 5.41) is 6.32. The van der Waals surface area contributed by atoms with Gasteiger partial charge in [-0.05, 0) is 24.3 Å². The molecule has 0 radical (unpaired) electrons. The highest BCUT2D eigenvalue weighted by atomic mass is 19.3. The third-order valence-corrected chi connectivity index (χ3v) is 2.98. The number of ether oxygens (including phenoxy) is 1. The molecule has 0 amide bonds. The Labute approximate surface area is 141 Å². The Kier molecular flexibility index (Phi) is 6.26. The molecule has 25 heavy (non-hydrogen) atoms. The SMILES string of the molecule is CNc1ccnc(OCC(C=Nc2ccc(F)c(C(F)F)c2)=NN)n1. The van der Waals surface area contributed by atoms with Crippen LogP contribution >= 0.6 is 0 Å². The second kappa shape index (κ2) is 8.62. The molecular formula is C15H15F3N6O. The Morgan fingerprint density at radius 3 is 2.88 bits per heavy atom. The fourth-order valence-corrected chi connectivity index (χ4v) is 1.72. The van der Waals surface area contributed by atoms with E-state index in [1.54, 1.807) is 13.1 Å². The van der Waals surface area contributed by atoms with Crippen molar-refractivity contribution in [3.05, 3.63) is 41.8 Å². The van der Waals surface area contributed by atoms with Gasteiger partial charge in [0, 0.05) is 13.2 Å². The first kappa shape index (κ1) is 18.2. The Morgan fingerprint density at radius 1 is 1.40 bits per heavy atom. The number of aliphatic imine (C=N–C) groups is 1. The third kappa shape index (κ3) is 5.16. The van der Waals surface area contributed by atoms with E-state index in [2.05, 4.69) is 25.4 Å². The lowest BCUT2D eigenvalue weighted by molar-refractivity contribution is 0.146. The van der Waals surface area contributed by atoms with Crippen LogP contribution in [0.4, 0.5) is 24.7 Å². The molecule has 2 rings (SSSR count). The predicted molar refractivity (Wildman–Crippen MR) is 88.2 cm³/mol. The van der Waals surface area contributed by atoms with Crippen molar-refractivity contribution in [1.29, 1.82) is 0 Å². The van der Waals surface area contributed by atoms with E-state index in [9.17, 15) is 13.2 Å². The summed E-state index contributed by atoms with van der Waals surface area (Å²) in [6.07, 6.45) is -0.200. The van der Waals surface area contributed by atoms with Crippen molar-refractivity contribution < 1.29 is 17.9 Å². The van der Waals surface area contributed by atoms with Crippen LogP contribution in [0.5, 0.6) is 6.01 Å². The van der Waals surface area contributed by atoms with Crippen molar-refractivity contribution >= 4 is 23.4 Å². The van der Waals surface area contributed by atoms with Gasteiger partial charge in [-0.15, -0.1) is 0 Å². The van der Waals surface area contributed by atoms with E-state index in [0.717, 1.165) is 12.1 Å². The summed E-state index contributed by atoms with van der Waals surface area (Å²) in [6.45, 7) is -0.0872. The lowest BCUT2D eigenvalue weighted by Crippen LogP contribution is -2.16. The van der Waals surface area contributed by atoms with Gasteiger partial charge in [0.1, 0.15) is 24.0 Å². The summed E-state index contributed by atoms with van der Waals surface area (Å²) < 4.78 is 43.9. The Bertz CT molecular complexity index is 782. The molecule has 7 nitrogen and oxygen atoms in total. The molecule has 10 heteroatoms. The van der Waals surface area contributed by atoms with Gasteiger partial charge in [-0.1, -0.05) is 0 Å². The van der Waals surface area contributed by atoms with Crippen LogP contribution in [-0.2, 0) is 0 Å². The number of anilines is 1. The molecule has 1 aromatic carbocycles. The maximum atomic E-state index is 13.2. The number of hydrogen-bond acceptors (Lipinski definition) is 7. The zero-order chi connectivity index (χ0) is 18.2. The quantitative estimate of drug-likeness (QED) is 0.454. The first-order chi connectivity index (χ1) is 12.0. The maximum Gasteiger partial charge on any atom is 0.318 e. The zero-order valence-corrected chi connectivity index (χ0v) is 13.2. The van der Waals surface area contributed by atoms with Gasteiger partial charge >= 0.3 is 6.01 Å². The van der Waals surface area contributed by atoms with Crippen LogP contribution in [0.1, 0.15) is 12.0 Å². The van der Waals surface area contributed by atoms with Crippen molar-refractivity contribution in [1.82, 2.24) is 9.97 Å². The number of nitrogens with two attached hydrogens (primary N) is 1. The van der Waals surface area contributed by atoms with E-state index in [1.807, 2.05) is 0 Å². The average Bonchev–Trinajstić information content (AvgIpc) is 2.63. The maximum absolute atomic E-state index is 13.2. The molecule has 0 aliphatic carbocycles. The topological polar surface area (TPSA) is 97.8 Å². The lowest BCUT2D eigenvalue weighted by atomic mass is 10.2. The van der Waals surface area contributed by atoms with E-state index in [0.29, 0.717) is 5.82 Å². The summed E-state index contributed by atoms with van der Waals surface area (Å²) in [6, 6.07) is 4.88. The van der Waals surface area contributed by atoms with Gasteiger partial charge in [0.2, 0.25) is 0 Å². The molecular weight excluding hydrogens is 337 g/mol. The van der Waals surface area contributed by atoms with Crippen LogP contribution in [0.3, 0.4) is 0 Å². The number of rotatable bonds is 7. The van der Waals surface area contributed by atoms with Crippen molar-refractivity contribution in [3.63, 3.8) is 0 Å². The number of hydrogen-bond donors (Lipinski definition) is 2. The third-order valence-electron chi connectivity index (χ3n) is 2.98. The highest BCUT2D eigenvalue weighted by molar-refractivity contribution is 6.31. The molecule has 1 aromatic heterocycles. The first-order valence-corrected chi connectivity index (χ1v) is 7.05. The van der Waals surface area contributed by atoms with Crippen molar-refractivity contribution in [2.75, 3.05) is 19.0 Å². The number of aromatic nitrogens is 2. The fourth-order valence-electron chi connectivity index (χ4n) is 1.72. The molecule has 0 saturated carbocycles. The van der Waals surface area contributed by atoms with E-state index in [1.165, 1.54) is 18.5 Å². The summed E-state index contributed by atoms with van der Waals surface area (Å²) >= 11 is 0. The number of alkyl halides is 2. The second-order valence-corrected chi connectivity index (χ2v) is 4.65. The molecule has 1 heterocycles. The Morgan fingerprint density at radius 2 is 2.20 bits per heavy atom. The van der Waals surface area contributed by atoms with Gasteiger partial charge in [0.25, 0.3) is 6.43 Å². The van der Waals surface area contributed by atoms with Crippen molar-refractivity contribution in [3.8, 4) is 6.01 Å². The van der Waals surface area contributed by atoms with Gasteiger partial charge in [-0.2, -0.15) is 10.1 Å². The summed E-state index contributed by atoms with van der Waals surface area (Å²) in [5.41, 5.74) is -0.387. The van der Waals surface area contributed by atoms with E-state index in [-0.39, 0.29) is 24.0 Å².